The van der Waals surface area contributed by atoms with Crippen molar-refractivity contribution in [2.45, 2.75) is 19.0 Å². The Morgan fingerprint density at radius 2 is 1.90 bits per heavy atom. The van der Waals surface area contributed by atoms with Crippen molar-refractivity contribution in [3.8, 4) is 0 Å². The highest BCUT2D eigenvalue weighted by Crippen LogP contribution is 2.35. The predicted octanol–water partition coefficient (Wildman–Crippen LogP) is 2.18. The Morgan fingerprint density at radius 3 is 2.40 bits per heavy atom. The number of anilines is 1. The number of rotatable bonds is 2. The van der Waals surface area contributed by atoms with Crippen LogP contribution in [-0.4, -0.2) is 28.8 Å². The minimum atomic E-state index is -4.67. The van der Waals surface area contributed by atoms with E-state index in [9.17, 15) is 28.1 Å². The molecule has 0 aliphatic carbocycles. The summed E-state index contributed by atoms with van der Waals surface area (Å²) in [5.74, 6) is -0.00555. The van der Waals surface area contributed by atoms with Gasteiger partial charge in [-0.1, -0.05) is 0 Å². The van der Waals surface area contributed by atoms with Crippen LogP contribution in [0.3, 0.4) is 0 Å². The van der Waals surface area contributed by atoms with Crippen molar-refractivity contribution < 1.29 is 22.9 Å². The van der Waals surface area contributed by atoms with Gasteiger partial charge in [0.25, 0.3) is 0 Å². The van der Waals surface area contributed by atoms with Gasteiger partial charge in [0.1, 0.15) is 23.4 Å². The van der Waals surface area contributed by atoms with Crippen LogP contribution in [0.4, 0.5) is 24.5 Å². The number of hydrogen-bond acceptors (Lipinski definition) is 5. The van der Waals surface area contributed by atoms with Crippen molar-refractivity contribution in [3.05, 3.63) is 28.1 Å². The number of piperidine rings is 1. The Balaban J connectivity index is 2.42. The highest BCUT2D eigenvalue weighted by molar-refractivity contribution is 5.81. The number of alkyl halides is 3. The lowest BCUT2D eigenvalue weighted by Gasteiger charge is -2.27. The zero-order valence-corrected chi connectivity index (χ0v) is 10.2. The summed E-state index contributed by atoms with van der Waals surface area (Å²) in [5.41, 5.74) is -1.83. The van der Waals surface area contributed by atoms with E-state index in [1.54, 1.807) is 0 Å². The van der Waals surface area contributed by atoms with Gasteiger partial charge in [-0.15, -0.1) is 0 Å². The molecule has 1 aliphatic rings. The molecule has 0 atom stereocenters. The third-order valence-electron chi connectivity index (χ3n) is 3.01. The van der Waals surface area contributed by atoms with Gasteiger partial charge in [0, 0.05) is 25.9 Å². The summed E-state index contributed by atoms with van der Waals surface area (Å²) in [7, 11) is 0. The van der Waals surface area contributed by atoms with Crippen LogP contribution in [0.2, 0.25) is 0 Å². The quantitative estimate of drug-likeness (QED) is 0.616. The number of nitro groups is 1. The molecule has 0 saturated carbocycles. The van der Waals surface area contributed by atoms with Crippen LogP contribution in [0.1, 0.15) is 18.5 Å². The Morgan fingerprint density at radius 1 is 1.30 bits per heavy atom. The first-order valence-electron chi connectivity index (χ1n) is 5.77. The molecule has 2 heterocycles. The van der Waals surface area contributed by atoms with Crippen LogP contribution in [-0.2, 0) is 11.0 Å². The normalized spacial score (nSPS) is 16.4. The number of pyridine rings is 1. The number of Topliss-reactive ketones (excluding diaryl/α,β-unsaturated/α-hetero) is 1. The molecule has 6 nitrogen and oxygen atoms in total. The van der Waals surface area contributed by atoms with Gasteiger partial charge in [0.2, 0.25) is 0 Å². The maximum atomic E-state index is 12.6. The fraction of sp³-hybridized carbons (Fsp3) is 0.455. The first-order chi connectivity index (χ1) is 9.29. The second-order valence-corrected chi connectivity index (χ2v) is 4.34. The van der Waals surface area contributed by atoms with Gasteiger partial charge in [-0.3, -0.25) is 14.9 Å². The number of carbonyl (C=O) groups is 1. The second kappa shape index (κ2) is 5.06. The maximum Gasteiger partial charge on any atom is 0.433 e. The fourth-order valence-corrected chi connectivity index (χ4v) is 1.98. The zero-order valence-electron chi connectivity index (χ0n) is 10.2. The number of aromatic nitrogens is 1. The number of halogens is 3. The van der Waals surface area contributed by atoms with E-state index in [-0.39, 0.29) is 37.4 Å². The molecular formula is C11H10F3N3O3. The molecule has 1 aliphatic heterocycles. The molecule has 0 aromatic carbocycles. The molecule has 0 radical (unpaired) electrons. The van der Waals surface area contributed by atoms with Crippen molar-refractivity contribution in [2.75, 3.05) is 18.0 Å². The molecule has 9 heteroatoms. The Hall–Kier alpha value is -2.19. The van der Waals surface area contributed by atoms with E-state index in [1.165, 1.54) is 4.90 Å². The molecule has 20 heavy (non-hydrogen) atoms. The van der Waals surface area contributed by atoms with Gasteiger partial charge < -0.3 is 4.90 Å². The van der Waals surface area contributed by atoms with Gasteiger partial charge in [-0.25, -0.2) is 4.98 Å². The lowest BCUT2D eigenvalue weighted by atomic mass is 10.1. The Labute approximate surface area is 111 Å². The highest BCUT2D eigenvalue weighted by atomic mass is 19.4. The standard InChI is InChI=1S/C11H10F3N3O3/c12-11(13,14)10-5-8(9(6-15-10)17(19)20)16-3-1-7(18)2-4-16/h5-6H,1-4H2. The molecule has 1 aromatic rings. The van der Waals surface area contributed by atoms with Crippen LogP contribution < -0.4 is 4.90 Å². The maximum absolute atomic E-state index is 12.6. The summed E-state index contributed by atoms with van der Waals surface area (Å²) in [6.07, 6.45) is -3.73. The smallest absolute Gasteiger partial charge is 0.365 e. The van der Waals surface area contributed by atoms with Gasteiger partial charge in [-0.2, -0.15) is 13.2 Å². The second-order valence-electron chi connectivity index (χ2n) is 4.34. The van der Waals surface area contributed by atoms with Crippen LogP contribution >= 0.6 is 0 Å². The van der Waals surface area contributed by atoms with Gasteiger partial charge in [0.15, 0.2) is 0 Å². The van der Waals surface area contributed by atoms with Crippen molar-refractivity contribution in [2.24, 2.45) is 0 Å². The van der Waals surface area contributed by atoms with E-state index >= 15 is 0 Å². The van der Waals surface area contributed by atoms with E-state index in [2.05, 4.69) is 4.98 Å². The van der Waals surface area contributed by atoms with Crippen molar-refractivity contribution >= 4 is 17.2 Å². The van der Waals surface area contributed by atoms with Crippen molar-refractivity contribution in [1.29, 1.82) is 0 Å². The van der Waals surface area contributed by atoms with Crippen LogP contribution in [0, 0.1) is 10.1 Å². The van der Waals surface area contributed by atoms with E-state index in [0.717, 1.165) is 0 Å². The number of carbonyl (C=O) groups excluding carboxylic acids is 1. The number of ketones is 1. The zero-order chi connectivity index (χ0) is 14.9. The van der Waals surface area contributed by atoms with E-state index in [1.807, 2.05) is 0 Å². The summed E-state index contributed by atoms with van der Waals surface area (Å²) < 4.78 is 37.9. The predicted molar refractivity (Wildman–Crippen MR) is 62.3 cm³/mol. The SMILES string of the molecule is O=C1CCN(c2cc(C(F)(F)F)ncc2[N+](=O)[O-])CC1. The molecule has 0 bridgehead atoms. The van der Waals surface area contributed by atoms with Gasteiger partial charge >= 0.3 is 11.9 Å². The molecule has 0 amide bonds. The molecule has 108 valence electrons. The molecule has 1 fully saturated rings. The molecular weight excluding hydrogens is 279 g/mol. The van der Waals surface area contributed by atoms with Crippen LogP contribution in [0.15, 0.2) is 12.3 Å². The molecule has 1 saturated heterocycles. The minimum absolute atomic E-state index is 0.00555. The van der Waals surface area contributed by atoms with Gasteiger partial charge in [0.05, 0.1) is 4.92 Å². The Kier molecular flexibility index (Phi) is 3.60. The van der Waals surface area contributed by atoms with Crippen LogP contribution in [0.25, 0.3) is 0 Å². The molecule has 0 spiro atoms. The third-order valence-corrected chi connectivity index (χ3v) is 3.01. The summed E-state index contributed by atoms with van der Waals surface area (Å²) in [6, 6.07) is 0.661. The molecule has 2 rings (SSSR count). The van der Waals surface area contributed by atoms with E-state index in [0.29, 0.717) is 12.3 Å². The molecule has 1 aromatic heterocycles. The van der Waals surface area contributed by atoms with Gasteiger partial charge in [-0.05, 0) is 6.07 Å². The summed E-state index contributed by atoms with van der Waals surface area (Å²) in [4.78, 5) is 25.7. The summed E-state index contributed by atoms with van der Waals surface area (Å²) in [5, 5.41) is 10.9. The third kappa shape index (κ3) is 2.86. The average Bonchev–Trinajstić information content (AvgIpc) is 2.37. The minimum Gasteiger partial charge on any atom is -0.365 e. The summed E-state index contributed by atoms with van der Waals surface area (Å²) >= 11 is 0. The largest absolute Gasteiger partial charge is 0.433 e. The first-order valence-corrected chi connectivity index (χ1v) is 5.77. The lowest BCUT2D eigenvalue weighted by molar-refractivity contribution is -0.384. The lowest BCUT2D eigenvalue weighted by Crippen LogP contribution is -2.34. The number of nitrogens with zero attached hydrogens (tertiary/aromatic N) is 3. The summed E-state index contributed by atoms with van der Waals surface area (Å²) in [6.45, 7) is 0.335. The monoisotopic (exact) mass is 289 g/mol. The first kappa shape index (κ1) is 14.2. The van der Waals surface area contributed by atoms with Crippen molar-refractivity contribution in [3.63, 3.8) is 0 Å². The molecule has 0 unspecified atom stereocenters. The van der Waals surface area contributed by atoms with Crippen LogP contribution in [0.5, 0.6) is 0 Å². The molecule has 0 N–H and O–H groups in total. The van der Waals surface area contributed by atoms with E-state index < -0.39 is 22.5 Å². The van der Waals surface area contributed by atoms with Crippen molar-refractivity contribution in [1.82, 2.24) is 4.98 Å². The fourth-order valence-electron chi connectivity index (χ4n) is 1.98. The topological polar surface area (TPSA) is 76.3 Å². The van der Waals surface area contributed by atoms with E-state index in [4.69, 9.17) is 0 Å². The average molecular weight is 289 g/mol. The highest BCUT2D eigenvalue weighted by Gasteiger charge is 2.35. The number of hydrogen-bond donors (Lipinski definition) is 0. The Bertz CT molecular complexity index is 550.